The van der Waals surface area contributed by atoms with Gasteiger partial charge < -0.3 is 5.32 Å². The lowest BCUT2D eigenvalue weighted by Crippen LogP contribution is -2.40. The summed E-state index contributed by atoms with van der Waals surface area (Å²) >= 11 is 0. The van der Waals surface area contributed by atoms with Crippen LogP contribution in [0.4, 0.5) is 13.2 Å². The van der Waals surface area contributed by atoms with Crippen LogP contribution in [0.1, 0.15) is 22.8 Å². The molecule has 32 heavy (non-hydrogen) atoms. The molecular weight excluding hydrogens is 447 g/mol. The minimum Gasteiger partial charge on any atom is -0.348 e. The lowest BCUT2D eigenvalue weighted by atomic mass is 10.1. The molecule has 1 unspecified atom stereocenters. The smallest absolute Gasteiger partial charge is 0.348 e. The molecule has 1 N–H and O–H groups in total. The largest absolute Gasteiger partial charge is 0.416 e. The van der Waals surface area contributed by atoms with E-state index in [9.17, 15) is 27.0 Å². The summed E-state index contributed by atoms with van der Waals surface area (Å²) in [4.78, 5) is 25.8. The molecule has 12 heteroatoms. The third-order valence-corrected chi connectivity index (χ3v) is 5.43. The molecule has 0 radical (unpaired) electrons. The topological polar surface area (TPSA) is 98.9 Å². The second-order valence-corrected chi connectivity index (χ2v) is 8.70. The van der Waals surface area contributed by atoms with Gasteiger partial charge in [-0.2, -0.15) is 28.1 Å². The molecule has 0 aliphatic heterocycles. The summed E-state index contributed by atoms with van der Waals surface area (Å²) in [5.74, 6) is -0.513. The highest BCUT2D eigenvalue weighted by Crippen LogP contribution is 2.30. The van der Waals surface area contributed by atoms with E-state index in [1.54, 1.807) is 14.0 Å². The number of hydrogen-bond acceptors (Lipinski definition) is 5. The molecule has 0 aliphatic rings. The minimum absolute atomic E-state index is 0.124. The van der Waals surface area contributed by atoms with Crippen molar-refractivity contribution in [2.75, 3.05) is 12.0 Å². The maximum atomic E-state index is 13.0. The van der Waals surface area contributed by atoms with E-state index in [0.717, 1.165) is 16.8 Å². The molecule has 2 atom stereocenters. The molecule has 2 aromatic heterocycles. The van der Waals surface area contributed by atoms with Gasteiger partial charge in [0.15, 0.2) is 0 Å². The average Bonchev–Trinajstić information content (AvgIpc) is 3.13. The molecule has 0 saturated carbocycles. The molecule has 3 aromatic rings. The Labute approximate surface area is 183 Å². The Hall–Kier alpha value is -3.28. The second-order valence-electron chi connectivity index (χ2n) is 7.22. The lowest BCUT2D eigenvalue weighted by Gasteiger charge is -2.14. The predicted octanol–water partition coefficient (Wildman–Crippen LogP) is 2.15. The first-order valence-corrected chi connectivity index (χ1v) is 11.1. The number of amides is 1. The van der Waals surface area contributed by atoms with E-state index in [0.29, 0.717) is 0 Å². The number of carbonyl (C=O) groups excluding carboxylic acids is 1. The van der Waals surface area contributed by atoms with Gasteiger partial charge in [-0.15, -0.1) is 0 Å². The number of hydrogen-bond donors (Lipinski definition) is 1. The van der Waals surface area contributed by atoms with Crippen molar-refractivity contribution in [1.29, 1.82) is 0 Å². The fourth-order valence-corrected chi connectivity index (χ4v) is 3.80. The summed E-state index contributed by atoms with van der Waals surface area (Å²) in [6.07, 6.45) is -0.126. The predicted molar refractivity (Wildman–Crippen MR) is 113 cm³/mol. The Morgan fingerprint density at radius 2 is 1.91 bits per heavy atom. The van der Waals surface area contributed by atoms with Crippen LogP contribution in [-0.2, 0) is 24.0 Å². The van der Waals surface area contributed by atoms with Crippen LogP contribution in [0, 0.1) is 0 Å². The lowest BCUT2D eigenvalue weighted by molar-refractivity contribution is -0.137. The summed E-state index contributed by atoms with van der Waals surface area (Å²) in [7, 11) is 0.471. The van der Waals surface area contributed by atoms with E-state index in [1.165, 1.54) is 41.5 Å². The molecule has 0 saturated heterocycles. The van der Waals surface area contributed by atoms with Crippen LogP contribution < -0.4 is 10.9 Å². The monoisotopic (exact) mass is 467 g/mol. The Balaban J connectivity index is 2.09. The van der Waals surface area contributed by atoms with Gasteiger partial charge in [0, 0.05) is 41.5 Å². The molecule has 2 heterocycles. The van der Waals surface area contributed by atoms with Crippen LogP contribution in [0.3, 0.4) is 0 Å². The van der Waals surface area contributed by atoms with Gasteiger partial charge in [-0.3, -0.25) is 18.5 Å². The van der Waals surface area contributed by atoms with Gasteiger partial charge >= 0.3 is 6.18 Å². The van der Waals surface area contributed by atoms with E-state index < -0.39 is 40.0 Å². The van der Waals surface area contributed by atoms with Crippen molar-refractivity contribution in [1.82, 2.24) is 24.9 Å². The van der Waals surface area contributed by atoms with Gasteiger partial charge in [0.2, 0.25) is 0 Å². The first-order valence-electron chi connectivity index (χ1n) is 9.37. The molecule has 1 aromatic carbocycles. The number of nitrogens with one attached hydrogen (secondary N) is 1. The van der Waals surface area contributed by atoms with Crippen LogP contribution in [0.5, 0.6) is 0 Å². The van der Waals surface area contributed by atoms with Crippen molar-refractivity contribution in [3.05, 3.63) is 64.2 Å². The number of alkyl halides is 3. The number of rotatable bonds is 6. The van der Waals surface area contributed by atoms with Crippen LogP contribution in [0.15, 0.2) is 47.5 Å². The summed E-state index contributed by atoms with van der Waals surface area (Å²) in [5.41, 5.74) is -1.13. The average molecular weight is 467 g/mol. The van der Waals surface area contributed by atoms with Crippen molar-refractivity contribution in [3.8, 4) is 16.9 Å². The molecule has 3 rings (SSSR count). The van der Waals surface area contributed by atoms with Gasteiger partial charge in [0.1, 0.15) is 11.3 Å². The second kappa shape index (κ2) is 9.07. The number of benzene rings is 1. The highest BCUT2D eigenvalue weighted by Gasteiger charge is 2.30. The van der Waals surface area contributed by atoms with Crippen molar-refractivity contribution in [2.24, 2.45) is 7.05 Å². The Bertz CT molecular complexity index is 1220. The van der Waals surface area contributed by atoms with E-state index >= 15 is 0 Å². The van der Waals surface area contributed by atoms with E-state index in [4.69, 9.17) is 0 Å². The van der Waals surface area contributed by atoms with Crippen LogP contribution >= 0.6 is 0 Å². The third kappa shape index (κ3) is 5.31. The zero-order valence-electron chi connectivity index (χ0n) is 17.4. The standard InChI is InChI=1S/C20H20F3N5O3S/c1-12(11-32(3)31)25-18(29)16-8-17(13-4-6-14(7-5-13)20(21,22)23)26-28(19(16)30)15-9-24-27(2)10-15/h4-10,12H,11H2,1-3H3,(H,25,29)/t12?,32-/m1/s1. The van der Waals surface area contributed by atoms with Gasteiger partial charge in [0.25, 0.3) is 11.5 Å². The summed E-state index contributed by atoms with van der Waals surface area (Å²) in [5, 5.41) is 10.8. The molecule has 0 aliphatic carbocycles. The Kier molecular flexibility index (Phi) is 6.63. The fourth-order valence-electron chi connectivity index (χ4n) is 3.02. The van der Waals surface area contributed by atoms with Crippen molar-refractivity contribution < 1.29 is 22.2 Å². The number of nitrogens with zero attached hydrogens (tertiary/aromatic N) is 4. The highest BCUT2D eigenvalue weighted by atomic mass is 32.2. The van der Waals surface area contributed by atoms with Gasteiger partial charge in [0.05, 0.1) is 23.7 Å². The number of aromatic nitrogens is 4. The van der Waals surface area contributed by atoms with Gasteiger partial charge in [-0.1, -0.05) is 12.1 Å². The molecule has 0 bridgehead atoms. The van der Waals surface area contributed by atoms with E-state index in [-0.39, 0.29) is 28.3 Å². The summed E-state index contributed by atoms with van der Waals surface area (Å²) in [6.45, 7) is 1.65. The Morgan fingerprint density at radius 3 is 2.44 bits per heavy atom. The van der Waals surface area contributed by atoms with Gasteiger partial charge in [-0.25, -0.2) is 0 Å². The number of aryl methyl sites for hydroxylation is 1. The Morgan fingerprint density at radius 1 is 1.25 bits per heavy atom. The minimum atomic E-state index is -4.50. The van der Waals surface area contributed by atoms with Crippen LogP contribution in [0.25, 0.3) is 16.9 Å². The molecule has 0 spiro atoms. The number of halogens is 3. The first-order chi connectivity index (χ1) is 15.0. The maximum Gasteiger partial charge on any atom is 0.416 e. The molecule has 0 fully saturated rings. The fraction of sp³-hybridized carbons (Fsp3) is 0.300. The maximum absolute atomic E-state index is 13.0. The zero-order chi connectivity index (χ0) is 23.6. The van der Waals surface area contributed by atoms with E-state index in [2.05, 4.69) is 15.5 Å². The third-order valence-electron chi connectivity index (χ3n) is 4.46. The van der Waals surface area contributed by atoms with Crippen LogP contribution in [-0.4, -0.2) is 47.7 Å². The van der Waals surface area contributed by atoms with E-state index in [1.807, 2.05) is 0 Å². The highest BCUT2D eigenvalue weighted by molar-refractivity contribution is 7.84. The molecular formula is C20H20F3N5O3S. The first kappa shape index (κ1) is 23.4. The van der Waals surface area contributed by atoms with Crippen molar-refractivity contribution in [2.45, 2.75) is 19.1 Å². The number of carbonyl (C=O) groups is 1. The summed E-state index contributed by atoms with van der Waals surface area (Å²) < 4.78 is 52.5. The molecule has 1 amide bonds. The SMILES string of the molecule is CC(C[S@@](C)=O)NC(=O)c1cc(-c2ccc(C(F)(F)F)cc2)nn(-c2cnn(C)c2)c1=O. The summed E-state index contributed by atoms with van der Waals surface area (Å²) in [6, 6.07) is 4.98. The normalized spacial score (nSPS) is 13.6. The van der Waals surface area contributed by atoms with Gasteiger partial charge in [-0.05, 0) is 25.1 Å². The van der Waals surface area contributed by atoms with Crippen molar-refractivity contribution in [3.63, 3.8) is 0 Å². The molecule has 170 valence electrons. The zero-order valence-corrected chi connectivity index (χ0v) is 18.2. The quantitative estimate of drug-likeness (QED) is 0.599. The van der Waals surface area contributed by atoms with Crippen LogP contribution in [0.2, 0.25) is 0 Å². The van der Waals surface area contributed by atoms with Crippen molar-refractivity contribution >= 4 is 16.7 Å². The molecule has 8 nitrogen and oxygen atoms in total.